The summed E-state index contributed by atoms with van der Waals surface area (Å²) in [5, 5.41) is 0.514. The summed E-state index contributed by atoms with van der Waals surface area (Å²) in [6.45, 7) is 4.18. The van der Waals surface area contributed by atoms with Gasteiger partial charge in [0.05, 0.1) is 5.02 Å². The molecule has 1 saturated heterocycles. The summed E-state index contributed by atoms with van der Waals surface area (Å²) in [5.74, 6) is 1.41. The Morgan fingerprint density at radius 1 is 1.03 bits per heavy atom. The van der Waals surface area contributed by atoms with Crippen LogP contribution in [0.25, 0.3) is 0 Å². The van der Waals surface area contributed by atoms with Crippen molar-refractivity contribution in [2.75, 3.05) is 26.2 Å². The second-order valence-electron chi connectivity index (χ2n) is 7.18. The predicted octanol–water partition coefficient (Wildman–Crippen LogP) is 5.23. The minimum atomic E-state index is -0.0812. The Hall–Kier alpha value is -2.28. The van der Waals surface area contributed by atoms with Crippen LogP contribution < -0.4 is 4.74 Å². The van der Waals surface area contributed by atoms with E-state index in [2.05, 4.69) is 45.1 Å². The molecule has 0 N–H and O–H groups in total. The van der Waals surface area contributed by atoms with Crippen LogP contribution in [0.15, 0.2) is 69.6 Å². The van der Waals surface area contributed by atoms with E-state index in [-0.39, 0.29) is 12.5 Å². The highest BCUT2D eigenvalue weighted by Crippen LogP contribution is 2.28. The number of carbonyl (C=O) groups is 1. The van der Waals surface area contributed by atoms with E-state index in [0.717, 1.165) is 24.1 Å². The SMILES string of the molecule is O=C(c1ccc(COc2ccc(Br)cc2Cl)o1)N1CCN(Cc2ccccc2)CC1. The number of nitrogens with zero attached hydrogens (tertiary/aromatic N) is 2. The first-order chi connectivity index (χ1) is 14.6. The van der Waals surface area contributed by atoms with E-state index in [9.17, 15) is 4.79 Å². The van der Waals surface area contributed by atoms with Crippen molar-refractivity contribution in [1.82, 2.24) is 9.80 Å². The van der Waals surface area contributed by atoms with Crippen LogP contribution in [0.3, 0.4) is 0 Å². The van der Waals surface area contributed by atoms with E-state index in [1.165, 1.54) is 5.56 Å². The first kappa shape index (κ1) is 21.0. The van der Waals surface area contributed by atoms with E-state index in [1.54, 1.807) is 24.3 Å². The summed E-state index contributed by atoms with van der Waals surface area (Å²) < 4.78 is 12.3. The largest absolute Gasteiger partial charge is 0.484 e. The second kappa shape index (κ2) is 9.69. The molecular formula is C23H22BrClN2O3. The highest BCUT2D eigenvalue weighted by atomic mass is 79.9. The zero-order valence-electron chi connectivity index (χ0n) is 16.4. The Kier molecular flexibility index (Phi) is 6.77. The molecule has 30 heavy (non-hydrogen) atoms. The fraction of sp³-hybridized carbons (Fsp3) is 0.261. The first-order valence-corrected chi connectivity index (χ1v) is 11.0. The lowest BCUT2D eigenvalue weighted by molar-refractivity contribution is 0.0594. The second-order valence-corrected chi connectivity index (χ2v) is 8.51. The van der Waals surface area contributed by atoms with Crippen LogP contribution >= 0.6 is 27.5 Å². The molecule has 0 saturated carbocycles. The Balaban J connectivity index is 1.29. The van der Waals surface area contributed by atoms with Gasteiger partial charge in [-0.2, -0.15) is 0 Å². The lowest BCUT2D eigenvalue weighted by Gasteiger charge is -2.34. The van der Waals surface area contributed by atoms with Crippen LogP contribution in [0.2, 0.25) is 5.02 Å². The Labute approximate surface area is 189 Å². The molecule has 5 nitrogen and oxygen atoms in total. The third kappa shape index (κ3) is 5.25. The van der Waals surface area contributed by atoms with Gasteiger partial charge >= 0.3 is 0 Å². The van der Waals surface area contributed by atoms with Crippen molar-refractivity contribution in [2.45, 2.75) is 13.2 Å². The molecule has 3 aromatic rings. The highest BCUT2D eigenvalue weighted by molar-refractivity contribution is 9.10. The van der Waals surface area contributed by atoms with Crippen LogP contribution in [0, 0.1) is 0 Å². The molecule has 0 radical (unpaired) electrons. The van der Waals surface area contributed by atoms with E-state index in [1.807, 2.05) is 17.0 Å². The summed E-state index contributed by atoms with van der Waals surface area (Å²) in [6.07, 6.45) is 0. The summed E-state index contributed by atoms with van der Waals surface area (Å²) >= 11 is 9.53. The number of piperazine rings is 1. The van der Waals surface area contributed by atoms with Crippen LogP contribution in [0.1, 0.15) is 21.9 Å². The molecule has 7 heteroatoms. The number of carbonyl (C=O) groups excluding carboxylic acids is 1. The van der Waals surface area contributed by atoms with Gasteiger partial charge in [-0.1, -0.05) is 57.9 Å². The Morgan fingerprint density at radius 3 is 2.53 bits per heavy atom. The molecule has 0 aliphatic carbocycles. The molecular weight excluding hydrogens is 468 g/mol. The zero-order chi connectivity index (χ0) is 20.9. The smallest absolute Gasteiger partial charge is 0.289 e. The predicted molar refractivity (Wildman–Crippen MR) is 120 cm³/mol. The Morgan fingerprint density at radius 2 is 1.80 bits per heavy atom. The molecule has 1 amide bonds. The zero-order valence-corrected chi connectivity index (χ0v) is 18.7. The maximum absolute atomic E-state index is 12.8. The summed E-state index contributed by atoms with van der Waals surface area (Å²) in [4.78, 5) is 17.0. The topological polar surface area (TPSA) is 45.9 Å². The van der Waals surface area contributed by atoms with Crippen molar-refractivity contribution in [3.8, 4) is 5.75 Å². The van der Waals surface area contributed by atoms with Crippen molar-refractivity contribution < 1.29 is 13.9 Å². The van der Waals surface area contributed by atoms with Crippen molar-refractivity contribution in [3.05, 3.63) is 87.2 Å². The fourth-order valence-electron chi connectivity index (χ4n) is 3.42. The van der Waals surface area contributed by atoms with Gasteiger partial charge in [-0.3, -0.25) is 9.69 Å². The molecule has 2 heterocycles. The van der Waals surface area contributed by atoms with Gasteiger partial charge in [0.2, 0.25) is 0 Å². The van der Waals surface area contributed by atoms with Gasteiger partial charge in [-0.15, -0.1) is 0 Å². The van der Waals surface area contributed by atoms with Gasteiger partial charge in [0.25, 0.3) is 5.91 Å². The van der Waals surface area contributed by atoms with Gasteiger partial charge in [-0.05, 0) is 35.9 Å². The van der Waals surface area contributed by atoms with Crippen molar-refractivity contribution in [2.24, 2.45) is 0 Å². The van der Waals surface area contributed by atoms with Crippen LogP contribution in [0.4, 0.5) is 0 Å². The molecule has 1 aromatic heterocycles. The van der Waals surface area contributed by atoms with Crippen LogP contribution in [-0.4, -0.2) is 41.9 Å². The molecule has 0 atom stereocenters. The standard InChI is InChI=1S/C23H22BrClN2O3/c24-18-6-8-21(20(25)14-18)29-16-19-7-9-22(30-19)23(28)27-12-10-26(11-13-27)15-17-4-2-1-3-5-17/h1-9,14H,10-13,15-16H2. The van der Waals surface area contributed by atoms with Crippen LogP contribution in [0.5, 0.6) is 5.75 Å². The Bertz CT molecular complexity index is 1000. The lowest BCUT2D eigenvalue weighted by atomic mass is 10.2. The van der Waals surface area contributed by atoms with Crippen LogP contribution in [-0.2, 0) is 13.2 Å². The molecule has 0 unspecified atom stereocenters. The van der Waals surface area contributed by atoms with E-state index in [0.29, 0.717) is 35.4 Å². The normalized spacial score (nSPS) is 14.7. The molecule has 1 aliphatic heterocycles. The van der Waals surface area contributed by atoms with Gasteiger partial charge < -0.3 is 14.1 Å². The van der Waals surface area contributed by atoms with Crippen molar-refractivity contribution in [1.29, 1.82) is 0 Å². The molecule has 4 rings (SSSR count). The number of amides is 1. The lowest BCUT2D eigenvalue weighted by Crippen LogP contribution is -2.48. The number of benzene rings is 2. The number of hydrogen-bond donors (Lipinski definition) is 0. The number of ether oxygens (including phenoxy) is 1. The number of hydrogen-bond acceptors (Lipinski definition) is 4. The third-order valence-electron chi connectivity index (χ3n) is 5.04. The quantitative estimate of drug-likeness (QED) is 0.475. The average molecular weight is 490 g/mol. The summed E-state index contributed by atoms with van der Waals surface area (Å²) in [6, 6.07) is 19.3. The summed E-state index contributed by atoms with van der Waals surface area (Å²) in [5.41, 5.74) is 1.29. The van der Waals surface area contributed by atoms with E-state index in [4.69, 9.17) is 20.8 Å². The highest BCUT2D eigenvalue weighted by Gasteiger charge is 2.24. The van der Waals surface area contributed by atoms with Gasteiger partial charge in [-0.25, -0.2) is 0 Å². The molecule has 156 valence electrons. The van der Waals surface area contributed by atoms with Crippen molar-refractivity contribution in [3.63, 3.8) is 0 Å². The monoisotopic (exact) mass is 488 g/mol. The van der Waals surface area contributed by atoms with Crippen molar-refractivity contribution >= 4 is 33.4 Å². The molecule has 2 aromatic carbocycles. The molecule has 0 spiro atoms. The van der Waals surface area contributed by atoms with Gasteiger partial charge in [0.15, 0.2) is 5.76 Å². The van der Waals surface area contributed by atoms with Gasteiger partial charge in [0, 0.05) is 37.2 Å². The minimum Gasteiger partial charge on any atom is -0.484 e. The van der Waals surface area contributed by atoms with E-state index >= 15 is 0 Å². The first-order valence-electron chi connectivity index (χ1n) is 9.80. The number of rotatable bonds is 6. The molecule has 1 fully saturated rings. The molecule has 0 bridgehead atoms. The fourth-order valence-corrected chi connectivity index (χ4v) is 4.15. The summed E-state index contributed by atoms with van der Waals surface area (Å²) in [7, 11) is 0. The minimum absolute atomic E-state index is 0.0812. The average Bonchev–Trinajstić information content (AvgIpc) is 3.23. The van der Waals surface area contributed by atoms with Gasteiger partial charge in [0.1, 0.15) is 18.1 Å². The number of halogens is 2. The molecule has 1 aliphatic rings. The van der Waals surface area contributed by atoms with E-state index < -0.39 is 0 Å². The third-order valence-corrected chi connectivity index (χ3v) is 5.83. The number of furan rings is 1. The maximum Gasteiger partial charge on any atom is 0.289 e. The maximum atomic E-state index is 12.8.